The Kier molecular flexibility index (Phi) is 6.14. The highest BCUT2D eigenvalue weighted by atomic mass is 79.9. The normalized spacial score (nSPS) is 11.2. The molecule has 0 aliphatic carbocycles. The molecule has 3 aromatic rings. The molecule has 0 saturated heterocycles. The molecule has 0 bridgehead atoms. The summed E-state index contributed by atoms with van der Waals surface area (Å²) in [7, 11) is 7.98. The van der Waals surface area contributed by atoms with Gasteiger partial charge in [0, 0.05) is 42.9 Å². The number of hydrogen-bond acceptors (Lipinski definition) is 5. The van der Waals surface area contributed by atoms with Gasteiger partial charge in [0.1, 0.15) is 0 Å². The van der Waals surface area contributed by atoms with Crippen LogP contribution in [-0.2, 0) is 0 Å². The van der Waals surface area contributed by atoms with Crippen molar-refractivity contribution in [1.29, 1.82) is 0 Å². The Bertz CT molecular complexity index is 937. The minimum Gasteiger partial charge on any atom is -0.378 e. The van der Waals surface area contributed by atoms with Crippen molar-refractivity contribution in [1.82, 2.24) is 9.88 Å². The van der Waals surface area contributed by atoms with Crippen molar-refractivity contribution in [3.05, 3.63) is 52.5 Å². The summed E-state index contributed by atoms with van der Waals surface area (Å²) in [5.74, 6) is -0.0275. The lowest BCUT2D eigenvalue weighted by molar-refractivity contribution is 0.0985. The average molecular weight is 447 g/mol. The van der Waals surface area contributed by atoms with Crippen molar-refractivity contribution in [3.8, 4) is 0 Å². The van der Waals surface area contributed by atoms with E-state index < -0.39 is 0 Å². The number of likely N-dealkylation sites (N-methyl/N-ethyl adjacent to an activating group) is 1. The zero-order chi connectivity index (χ0) is 19.6. The maximum Gasteiger partial charge on any atom is 0.260 e. The summed E-state index contributed by atoms with van der Waals surface area (Å²) in [4.78, 5) is 23.8. The largest absolute Gasteiger partial charge is 0.378 e. The molecule has 142 valence electrons. The Morgan fingerprint density at radius 3 is 2.37 bits per heavy atom. The standard InChI is InChI=1S/C20H23BrN4OS/c1-23(2)11-12-25(19(26)14-5-8-16(9-6-14)24(3)4)20-22-17-10-7-15(21)13-18(17)27-20/h5-10,13H,11-12H2,1-4H3. The quantitative estimate of drug-likeness (QED) is 0.564. The summed E-state index contributed by atoms with van der Waals surface area (Å²) >= 11 is 5.04. The van der Waals surface area contributed by atoms with E-state index in [0.29, 0.717) is 12.1 Å². The fourth-order valence-corrected chi connectivity index (χ4v) is 4.19. The molecule has 0 aliphatic rings. The number of benzene rings is 2. The Morgan fingerprint density at radius 1 is 1.04 bits per heavy atom. The number of aromatic nitrogens is 1. The molecule has 0 fully saturated rings. The number of halogens is 1. The first-order valence-corrected chi connectivity index (χ1v) is 10.3. The number of amides is 1. The van der Waals surface area contributed by atoms with Gasteiger partial charge in [-0.2, -0.15) is 0 Å². The highest BCUT2D eigenvalue weighted by Gasteiger charge is 2.21. The molecule has 5 nitrogen and oxygen atoms in total. The molecule has 1 heterocycles. The van der Waals surface area contributed by atoms with Crippen LogP contribution in [0.25, 0.3) is 10.2 Å². The SMILES string of the molecule is CN(C)CCN(C(=O)c1ccc(N(C)C)cc1)c1nc2ccc(Br)cc2s1. The van der Waals surface area contributed by atoms with Crippen LogP contribution in [0.15, 0.2) is 46.9 Å². The van der Waals surface area contributed by atoms with E-state index in [9.17, 15) is 4.79 Å². The number of carbonyl (C=O) groups is 1. The molecule has 0 spiro atoms. The van der Waals surface area contributed by atoms with Gasteiger partial charge < -0.3 is 9.80 Å². The molecule has 0 unspecified atom stereocenters. The summed E-state index contributed by atoms with van der Waals surface area (Å²) in [5, 5.41) is 0.728. The predicted molar refractivity (Wildman–Crippen MR) is 118 cm³/mol. The number of carbonyl (C=O) groups excluding carboxylic acids is 1. The molecule has 2 aromatic carbocycles. The lowest BCUT2D eigenvalue weighted by Gasteiger charge is -2.22. The van der Waals surface area contributed by atoms with Gasteiger partial charge in [-0.15, -0.1) is 0 Å². The van der Waals surface area contributed by atoms with Gasteiger partial charge in [-0.05, 0) is 56.6 Å². The summed E-state index contributed by atoms with van der Waals surface area (Å²) < 4.78 is 2.07. The van der Waals surface area contributed by atoms with Gasteiger partial charge in [-0.25, -0.2) is 4.98 Å². The van der Waals surface area contributed by atoms with E-state index in [-0.39, 0.29) is 5.91 Å². The van der Waals surface area contributed by atoms with Crippen LogP contribution in [0.1, 0.15) is 10.4 Å². The van der Waals surface area contributed by atoms with E-state index in [1.165, 1.54) is 11.3 Å². The Labute approximate surface area is 172 Å². The molecule has 7 heteroatoms. The van der Waals surface area contributed by atoms with Crippen LogP contribution in [-0.4, -0.2) is 57.1 Å². The number of hydrogen-bond donors (Lipinski definition) is 0. The van der Waals surface area contributed by atoms with Crippen LogP contribution in [0, 0.1) is 0 Å². The molecule has 0 atom stereocenters. The Balaban J connectivity index is 1.94. The smallest absolute Gasteiger partial charge is 0.260 e. The van der Waals surface area contributed by atoms with Crippen LogP contribution in [0.5, 0.6) is 0 Å². The number of nitrogens with zero attached hydrogens (tertiary/aromatic N) is 4. The van der Waals surface area contributed by atoms with E-state index in [1.54, 1.807) is 4.90 Å². The third kappa shape index (κ3) is 4.66. The highest BCUT2D eigenvalue weighted by molar-refractivity contribution is 9.10. The number of thiazole rings is 1. The lowest BCUT2D eigenvalue weighted by atomic mass is 10.1. The summed E-state index contributed by atoms with van der Waals surface area (Å²) in [6.45, 7) is 1.35. The molecule has 0 aliphatic heterocycles. The van der Waals surface area contributed by atoms with Crippen LogP contribution in [0.3, 0.4) is 0 Å². The second-order valence-electron chi connectivity index (χ2n) is 6.81. The second-order valence-corrected chi connectivity index (χ2v) is 8.73. The fourth-order valence-electron chi connectivity index (χ4n) is 2.64. The first-order valence-electron chi connectivity index (χ1n) is 8.65. The van der Waals surface area contributed by atoms with Crippen LogP contribution in [0.4, 0.5) is 10.8 Å². The van der Waals surface area contributed by atoms with Crippen LogP contribution in [0.2, 0.25) is 0 Å². The van der Waals surface area contributed by atoms with Crippen LogP contribution < -0.4 is 9.80 Å². The maximum absolute atomic E-state index is 13.2. The summed E-state index contributed by atoms with van der Waals surface area (Å²) in [6, 6.07) is 13.7. The van der Waals surface area contributed by atoms with Gasteiger partial charge in [0.2, 0.25) is 0 Å². The van der Waals surface area contributed by atoms with Gasteiger partial charge in [0.25, 0.3) is 5.91 Å². The third-order valence-corrected chi connectivity index (χ3v) is 5.75. The van der Waals surface area contributed by atoms with Crippen molar-refractivity contribution < 1.29 is 4.79 Å². The maximum atomic E-state index is 13.2. The lowest BCUT2D eigenvalue weighted by Crippen LogP contribution is -2.36. The average Bonchev–Trinajstić information content (AvgIpc) is 3.04. The zero-order valence-corrected chi connectivity index (χ0v) is 18.3. The first-order chi connectivity index (χ1) is 12.8. The minimum atomic E-state index is -0.0275. The van der Waals surface area contributed by atoms with E-state index in [1.807, 2.05) is 75.6 Å². The van der Waals surface area contributed by atoms with E-state index >= 15 is 0 Å². The van der Waals surface area contributed by atoms with Crippen molar-refractivity contribution in [2.75, 3.05) is 51.1 Å². The molecule has 0 radical (unpaired) electrons. The molecule has 1 amide bonds. The topological polar surface area (TPSA) is 39.7 Å². The number of fused-ring (bicyclic) bond motifs is 1. The van der Waals surface area contributed by atoms with Crippen molar-refractivity contribution in [2.45, 2.75) is 0 Å². The van der Waals surface area contributed by atoms with Gasteiger partial charge in [-0.3, -0.25) is 9.69 Å². The second kappa shape index (κ2) is 8.37. The molecular weight excluding hydrogens is 424 g/mol. The van der Waals surface area contributed by atoms with Crippen molar-refractivity contribution in [2.24, 2.45) is 0 Å². The highest BCUT2D eigenvalue weighted by Crippen LogP contribution is 2.31. The fraction of sp³-hybridized carbons (Fsp3) is 0.300. The van der Waals surface area contributed by atoms with Crippen molar-refractivity contribution >= 4 is 54.2 Å². The molecule has 3 rings (SSSR count). The van der Waals surface area contributed by atoms with Gasteiger partial charge in [0.05, 0.1) is 10.2 Å². The van der Waals surface area contributed by atoms with Gasteiger partial charge in [-0.1, -0.05) is 27.3 Å². The molecule has 0 N–H and O–H groups in total. The molecule has 1 aromatic heterocycles. The van der Waals surface area contributed by atoms with Gasteiger partial charge in [0.15, 0.2) is 5.13 Å². The van der Waals surface area contributed by atoms with E-state index in [2.05, 4.69) is 20.8 Å². The summed E-state index contributed by atoms with van der Waals surface area (Å²) in [6.07, 6.45) is 0. The first kappa shape index (κ1) is 19.8. The predicted octanol–water partition coefficient (Wildman–Crippen LogP) is 4.33. The molecule has 0 saturated carbocycles. The Morgan fingerprint density at radius 2 is 1.74 bits per heavy atom. The summed E-state index contributed by atoms with van der Waals surface area (Å²) in [5.41, 5.74) is 2.64. The van der Waals surface area contributed by atoms with E-state index in [0.717, 1.165) is 32.1 Å². The Hall–Kier alpha value is -1.96. The number of rotatable bonds is 6. The molecular formula is C20H23BrN4OS. The number of anilines is 2. The van der Waals surface area contributed by atoms with Crippen molar-refractivity contribution in [3.63, 3.8) is 0 Å². The van der Waals surface area contributed by atoms with E-state index in [4.69, 9.17) is 4.98 Å². The third-order valence-electron chi connectivity index (χ3n) is 4.22. The monoisotopic (exact) mass is 446 g/mol. The minimum absolute atomic E-state index is 0.0275. The molecule has 27 heavy (non-hydrogen) atoms. The van der Waals surface area contributed by atoms with Crippen LogP contribution >= 0.6 is 27.3 Å². The zero-order valence-electron chi connectivity index (χ0n) is 15.9. The van der Waals surface area contributed by atoms with Gasteiger partial charge >= 0.3 is 0 Å².